The molecule has 0 aliphatic carbocycles. The van der Waals surface area contributed by atoms with Crippen LogP contribution in [0.5, 0.6) is 0 Å². The highest BCUT2D eigenvalue weighted by Crippen LogP contribution is 2.32. The summed E-state index contributed by atoms with van der Waals surface area (Å²) < 4.78 is 39.3. The second kappa shape index (κ2) is 7.09. The molecular formula is C18H15ClF3N3O. The molecule has 0 saturated heterocycles. The molecule has 0 atom stereocenters. The number of nitrogens with one attached hydrogen (secondary N) is 1. The number of hydrogen-bond donors (Lipinski definition) is 1. The molecule has 1 heterocycles. The van der Waals surface area contributed by atoms with Crippen molar-refractivity contribution in [1.29, 1.82) is 0 Å². The minimum Gasteiger partial charge on any atom is -0.309 e. The van der Waals surface area contributed by atoms with Crippen LogP contribution >= 0.6 is 11.6 Å². The first-order valence-electron chi connectivity index (χ1n) is 7.76. The molecule has 3 rings (SSSR count). The Morgan fingerprint density at radius 3 is 2.62 bits per heavy atom. The van der Waals surface area contributed by atoms with Gasteiger partial charge in [0.25, 0.3) is 5.56 Å². The van der Waals surface area contributed by atoms with Crippen molar-refractivity contribution in [1.82, 2.24) is 14.9 Å². The molecule has 0 amide bonds. The van der Waals surface area contributed by atoms with Crippen LogP contribution in [0.1, 0.15) is 17.0 Å². The third-order valence-electron chi connectivity index (χ3n) is 3.90. The molecule has 136 valence electrons. The Balaban J connectivity index is 1.83. The van der Waals surface area contributed by atoms with E-state index in [9.17, 15) is 18.0 Å². The van der Waals surface area contributed by atoms with Gasteiger partial charge >= 0.3 is 6.18 Å². The molecule has 0 saturated carbocycles. The topological polar surface area (TPSA) is 49.0 Å². The van der Waals surface area contributed by atoms with Crippen LogP contribution in [0.15, 0.2) is 47.3 Å². The SMILES string of the molecule is CN(Cc1nc2ccc(Cl)cc2c(=O)[nH]1)Cc1ccccc1C(F)(F)F. The fourth-order valence-corrected chi connectivity index (χ4v) is 2.94. The molecule has 0 fully saturated rings. The molecule has 1 N–H and O–H groups in total. The van der Waals surface area contributed by atoms with Gasteiger partial charge in [-0.2, -0.15) is 13.2 Å². The van der Waals surface area contributed by atoms with Gasteiger partial charge in [-0.1, -0.05) is 29.8 Å². The number of rotatable bonds is 4. The number of nitrogens with zero attached hydrogens (tertiary/aromatic N) is 2. The lowest BCUT2D eigenvalue weighted by Crippen LogP contribution is -2.23. The molecule has 8 heteroatoms. The van der Waals surface area contributed by atoms with Crippen LogP contribution in [0.4, 0.5) is 13.2 Å². The number of aromatic nitrogens is 2. The number of H-pyrrole nitrogens is 1. The van der Waals surface area contributed by atoms with E-state index in [4.69, 9.17) is 11.6 Å². The Kier molecular flexibility index (Phi) is 5.02. The molecule has 0 aliphatic rings. The molecule has 0 aliphatic heterocycles. The minimum absolute atomic E-state index is 0.0675. The lowest BCUT2D eigenvalue weighted by molar-refractivity contribution is -0.138. The van der Waals surface area contributed by atoms with Crippen LogP contribution in [0, 0.1) is 0 Å². The Labute approximate surface area is 152 Å². The van der Waals surface area contributed by atoms with Crippen molar-refractivity contribution in [3.63, 3.8) is 0 Å². The van der Waals surface area contributed by atoms with Gasteiger partial charge in [0.1, 0.15) is 5.82 Å². The molecule has 1 aromatic heterocycles. The normalized spacial score (nSPS) is 12.1. The van der Waals surface area contributed by atoms with Gasteiger partial charge in [0.05, 0.1) is 23.0 Å². The number of hydrogen-bond acceptors (Lipinski definition) is 3. The summed E-state index contributed by atoms with van der Waals surface area (Å²) >= 11 is 5.88. The fourth-order valence-electron chi connectivity index (χ4n) is 2.77. The van der Waals surface area contributed by atoms with Gasteiger partial charge in [-0.15, -0.1) is 0 Å². The van der Waals surface area contributed by atoms with E-state index in [-0.39, 0.29) is 24.2 Å². The lowest BCUT2D eigenvalue weighted by atomic mass is 10.1. The average molecular weight is 382 g/mol. The van der Waals surface area contributed by atoms with Crippen molar-refractivity contribution in [3.05, 3.63) is 74.8 Å². The van der Waals surface area contributed by atoms with Crippen LogP contribution < -0.4 is 5.56 Å². The summed E-state index contributed by atoms with van der Waals surface area (Å²) in [5.74, 6) is 0.372. The van der Waals surface area contributed by atoms with Gasteiger partial charge in [-0.25, -0.2) is 4.98 Å². The molecule has 26 heavy (non-hydrogen) atoms. The Hall–Kier alpha value is -2.38. The van der Waals surface area contributed by atoms with Gasteiger partial charge in [-0.05, 0) is 36.9 Å². The van der Waals surface area contributed by atoms with E-state index in [0.29, 0.717) is 21.7 Å². The van der Waals surface area contributed by atoms with E-state index >= 15 is 0 Å². The van der Waals surface area contributed by atoms with E-state index in [1.807, 2.05) is 0 Å². The van der Waals surface area contributed by atoms with E-state index in [2.05, 4.69) is 9.97 Å². The number of benzene rings is 2. The molecular weight excluding hydrogens is 367 g/mol. The number of fused-ring (bicyclic) bond motifs is 1. The molecule has 0 bridgehead atoms. The van der Waals surface area contributed by atoms with Gasteiger partial charge in [0, 0.05) is 11.6 Å². The summed E-state index contributed by atoms with van der Waals surface area (Å²) in [6, 6.07) is 10.2. The summed E-state index contributed by atoms with van der Waals surface area (Å²) in [4.78, 5) is 20.8. The largest absolute Gasteiger partial charge is 0.416 e. The van der Waals surface area contributed by atoms with Crippen molar-refractivity contribution in [2.45, 2.75) is 19.3 Å². The zero-order valence-electron chi connectivity index (χ0n) is 13.8. The van der Waals surface area contributed by atoms with Crippen molar-refractivity contribution < 1.29 is 13.2 Å². The Morgan fingerprint density at radius 1 is 1.15 bits per heavy atom. The van der Waals surface area contributed by atoms with Crippen molar-refractivity contribution in [2.24, 2.45) is 0 Å². The molecule has 0 spiro atoms. The van der Waals surface area contributed by atoms with Crippen molar-refractivity contribution >= 4 is 22.5 Å². The highest BCUT2D eigenvalue weighted by atomic mass is 35.5. The number of aromatic amines is 1. The molecule has 2 aromatic carbocycles. The van der Waals surface area contributed by atoms with E-state index in [0.717, 1.165) is 6.07 Å². The van der Waals surface area contributed by atoms with Crippen molar-refractivity contribution in [3.8, 4) is 0 Å². The number of halogens is 4. The summed E-state index contributed by atoms with van der Waals surface area (Å²) in [5.41, 5.74) is -0.354. The Bertz CT molecular complexity index is 1000. The third-order valence-corrected chi connectivity index (χ3v) is 4.13. The monoisotopic (exact) mass is 381 g/mol. The zero-order valence-corrected chi connectivity index (χ0v) is 14.5. The fraction of sp³-hybridized carbons (Fsp3) is 0.222. The van der Waals surface area contributed by atoms with Crippen LogP contribution in [0.2, 0.25) is 5.02 Å². The quantitative estimate of drug-likeness (QED) is 0.735. The maximum atomic E-state index is 13.1. The average Bonchev–Trinajstić information content (AvgIpc) is 2.55. The summed E-state index contributed by atoms with van der Waals surface area (Å²) in [6.45, 7) is 0.262. The van der Waals surface area contributed by atoms with E-state index in [1.54, 1.807) is 30.1 Å². The standard InChI is InChI=1S/C18H15ClF3N3O/c1-25(9-11-4-2-3-5-14(11)18(20,21)22)10-16-23-15-7-6-12(19)8-13(15)17(26)24-16/h2-8H,9-10H2,1H3,(H,23,24,26). The summed E-state index contributed by atoms with van der Waals surface area (Å²) in [5, 5.41) is 0.796. The zero-order chi connectivity index (χ0) is 18.9. The lowest BCUT2D eigenvalue weighted by Gasteiger charge is -2.19. The summed E-state index contributed by atoms with van der Waals surface area (Å²) in [7, 11) is 1.67. The van der Waals surface area contributed by atoms with E-state index < -0.39 is 11.7 Å². The third kappa shape index (κ3) is 4.05. The Morgan fingerprint density at radius 2 is 1.88 bits per heavy atom. The maximum absolute atomic E-state index is 13.1. The highest BCUT2D eigenvalue weighted by Gasteiger charge is 2.33. The second-order valence-electron chi connectivity index (χ2n) is 6.00. The van der Waals surface area contributed by atoms with Gasteiger partial charge < -0.3 is 4.98 Å². The summed E-state index contributed by atoms with van der Waals surface area (Å²) in [6.07, 6.45) is -4.41. The predicted molar refractivity (Wildman–Crippen MR) is 94.0 cm³/mol. The smallest absolute Gasteiger partial charge is 0.309 e. The van der Waals surface area contributed by atoms with E-state index in [1.165, 1.54) is 18.2 Å². The highest BCUT2D eigenvalue weighted by molar-refractivity contribution is 6.31. The van der Waals surface area contributed by atoms with Crippen LogP contribution in [0.25, 0.3) is 10.9 Å². The first kappa shape index (κ1) is 18.4. The maximum Gasteiger partial charge on any atom is 0.416 e. The first-order valence-corrected chi connectivity index (χ1v) is 8.14. The molecule has 3 aromatic rings. The van der Waals surface area contributed by atoms with Crippen molar-refractivity contribution in [2.75, 3.05) is 7.05 Å². The van der Waals surface area contributed by atoms with Crippen LogP contribution in [-0.4, -0.2) is 21.9 Å². The van der Waals surface area contributed by atoms with Gasteiger partial charge in [0.15, 0.2) is 0 Å². The molecule has 0 unspecified atom stereocenters. The van der Waals surface area contributed by atoms with Crippen LogP contribution in [-0.2, 0) is 19.3 Å². The van der Waals surface area contributed by atoms with Gasteiger partial charge in [0.2, 0.25) is 0 Å². The minimum atomic E-state index is -4.41. The predicted octanol–water partition coefficient (Wildman–Crippen LogP) is 4.23. The second-order valence-corrected chi connectivity index (χ2v) is 6.44. The van der Waals surface area contributed by atoms with Crippen LogP contribution in [0.3, 0.4) is 0 Å². The number of alkyl halides is 3. The van der Waals surface area contributed by atoms with Gasteiger partial charge in [-0.3, -0.25) is 9.69 Å². The first-order chi connectivity index (χ1) is 12.2. The molecule has 4 nitrogen and oxygen atoms in total. The molecule has 0 radical (unpaired) electrons.